The van der Waals surface area contributed by atoms with Crippen molar-refractivity contribution in [1.82, 2.24) is 0 Å². The summed E-state index contributed by atoms with van der Waals surface area (Å²) in [5.41, 5.74) is -4.68. The summed E-state index contributed by atoms with van der Waals surface area (Å²) in [4.78, 5) is -0.655. The molecular formula is C8H3BrF6OS. The van der Waals surface area contributed by atoms with E-state index in [2.05, 4.69) is 20.7 Å². The van der Waals surface area contributed by atoms with E-state index < -0.39 is 34.3 Å². The van der Waals surface area contributed by atoms with Gasteiger partial charge in [-0.3, -0.25) is 0 Å². The predicted molar refractivity (Wildman–Crippen MR) is 52.7 cm³/mol. The summed E-state index contributed by atoms with van der Waals surface area (Å²) in [6.07, 6.45) is -5.04. The average Bonchev–Trinajstić information content (AvgIpc) is 2.05. The molecule has 1 aromatic carbocycles. The lowest BCUT2D eigenvalue weighted by atomic mass is 10.3. The Morgan fingerprint density at radius 3 is 2.12 bits per heavy atom. The van der Waals surface area contributed by atoms with Gasteiger partial charge in [0.05, 0.1) is 4.90 Å². The van der Waals surface area contributed by atoms with E-state index in [9.17, 15) is 26.3 Å². The van der Waals surface area contributed by atoms with Crippen LogP contribution in [-0.2, 0) is 0 Å². The number of thioether (sulfide) groups is 1. The van der Waals surface area contributed by atoms with Gasteiger partial charge in [-0.15, -0.1) is 13.2 Å². The number of ether oxygens (including phenoxy) is 1. The van der Waals surface area contributed by atoms with Crippen LogP contribution in [0.1, 0.15) is 0 Å². The summed E-state index contributed by atoms with van der Waals surface area (Å²) in [6.45, 7) is 0. The summed E-state index contributed by atoms with van der Waals surface area (Å²) in [5, 5.41) is 0. The van der Waals surface area contributed by atoms with E-state index in [-0.39, 0.29) is 4.47 Å². The zero-order valence-corrected chi connectivity index (χ0v) is 10.1. The molecule has 0 atom stereocenters. The lowest BCUT2D eigenvalue weighted by molar-refractivity contribution is -0.275. The Morgan fingerprint density at radius 1 is 1.06 bits per heavy atom. The molecule has 0 aliphatic rings. The molecule has 0 aliphatic heterocycles. The Kier molecular flexibility index (Phi) is 4.23. The van der Waals surface area contributed by atoms with Gasteiger partial charge in [0.25, 0.3) is 0 Å². The maximum atomic E-state index is 12.1. The molecule has 0 N–H and O–H groups in total. The molecule has 0 saturated carbocycles. The van der Waals surface area contributed by atoms with Gasteiger partial charge in [0.1, 0.15) is 5.75 Å². The third-order valence-corrected chi connectivity index (χ3v) is 2.64. The topological polar surface area (TPSA) is 9.23 Å². The Hall–Kier alpha value is -0.570. The molecule has 0 fully saturated rings. The quantitative estimate of drug-likeness (QED) is 0.556. The minimum atomic E-state index is -5.04. The molecule has 1 rings (SSSR count). The zero-order chi connectivity index (χ0) is 13.3. The minimum Gasteiger partial charge on any atom is -0.405 e. The van der Waals surface area contributed by atoms with E-state index in [0.29, 0.717) is 0 Å². The molecule has 0 amide bonds. The maximum Gasteiger partial charge on any atom is 0.573 e. The molecule has 17 heavy (non-hydrogen) atoms. The van der Waals surface area contributed by atoms with Gasteiger partial charge < -0.3 is 4.74 Å². The highest BCUT2D eigenvalue weighted by Gasteiger charge is 2.35. The van der Waals surface area contributed by atoms with E-state index >= 15 is 0 Å². The predicted octanol–water partition coefficient (Wildman–Crippen LogP) is 4.96. The third-order valence-electron chi connectivity index (χ3n) is 1.36. The number of alkyl halides is 6. The third kappa shape index (κ3) is 5.53. The summed E-state index contributed by atoms with van der Waals surface area (Å²) in [5.74, 6) is -0.894. The van der Waals surface area contributed by atoms with E-state index in [1.165, 1.54) is 6.07 Å². The second-order valence-corrected chi connectivity index (χ2v) is 4.71. The van der Waals surface area contributed by atoms with Gasteiger partial charge in [-0.2, -0.15) is 13.2 Å². The first-order valence-electron chi connectivity index (χ1n) is 3.88. The molecule has 0 radical (unpaired) electrons. The molecular weight excluding hydrogens is 338 g/mol. The monoisotopic (exact) mass is 340 g/mol. The van der Waals surface area contributed by atoms with Gasteiger partial charge in [-0.1, -0.05) is 15.9 Å². The Bertz CT molecular complexity index is 402. The van der Waals surface area contributed by atoms with Crippen LogP contribution in [0.2, 0.25) is 0 Å². The molecule has 0 spiro atoms. The van der Waals surface area contributed by atoms with Gasteiger partial charge in [0.2, 0.25) is 0 Å². The first kappa shape index (κ1) is 14.5. The molecule has 0 aromatic heterocycles. The Labute approximate surface area is 104 Å². The molecule has 96 valence electrons. The Balaban J connectivity index is 3.04. The van der Waals surface area contributed by atoms with E-state index in [4.69, 9.17) is 0 Å². The molecule has 1 nitrogen and oxygen atoms in total. The average molecular weight is 341 g/mol. The van der Waals surface area contributed by atoms with Crippen LogP contribution in [0.4, 0.5) is 26.3 Å². The van der Waals surface area contributed by atoms with Crippen molar-refractivity contribution >= 4 is 27.7 Å². The summed E-state index contributed by atoms with van der Waals surface area (Å²) < 4.78 is 75.8. The lowest BCUT2D eigenvalue weighted by Crippen LogP contribution is -2.18. The SMILES string of the molecule is FC(F)(F)Oc1cc(Br)ccc1SC(F)(F)F. The number of halogens is 7. The van der Waals surface area contributed by atoms with Crippen molar-refractivity contribution in [1.29, 1.82) is 0 Å². The van der Waals surface area contributed by atoms with Gasteiger partial charge in [0.15, 0.2) is 0 Å². The highest BCUT2D eigenvalue weighted by molar-refractivity contribution is 9.10. The van der Waals surface area contributed by atoms with E-state index in [0.717, 1.165) is 12.1 Å². The van der Waals surface area contributed by atoms with Gasteiger partial charge in [-0.25, -0.2) is 0 Å². The number of rotatable bonds is 2. The molecule has 0 heterocycles. The van der Waals surface area contributed by atoms with Crippen LogP contribution in [0.3, 0.4) is 0 Å². The number of hydrogen-bond donors (Lipinski definition) is 0. The second-order valence-electron chi connectivity index (χ2n) is 2.69. The van der Waals surface area contributed by atoms with Crippen LogP contribution in [0, 0.1) is 0 Å². The van der Waals surface area contributed by atoms with Gasteiger partial charge >= 0.3 is 11.9 Å². The van der Waals surface area contributed by atoms with Gasteiger partial charge in [0, 0.05) is 4.47 Å². The standard InChI is InChI=1S/C8H3BrF6OS/c9-4-1-2-6(17-8(13,14)15)5(3-4)16-7(10,11)12/h1-3H. The summed E-state index contributed by atoms with van der Waals surface area (Å²) in [7, 11) is 0. The summed E-state index contributed by atoms with van der Waals surface area (Å²) >= 11 is 2.18. The van der Waals surface area contributed by atoms with Crippen LogP contribution in [-0.4, -0.2) is 11.9 Å². The fourth-order valence-electron chi connectivity index (χ4n) is 0.895. The van der Waals surface area contributed by atoms with E-state index in [1.807, 2.05) is 0 Å². The van der Waals surface area contributed by atoms with E-state index in [1.54, 1.807) is 0 Å². The van der Waals surface area contributed by atoms with Gasteiger partial charge in [-0.05, 0) is 30.0 Å². The fourth-order valence-corrected chi connectivity index (χ4v) is 1.82. The van der Waals surface area contributed by atoms with Crippen molar-refractivity contribution in [3.63, 3.8) is 0 Å². The summed E-state index contributed by atoms with van der Waals surface area (Å²) in [6, 6.07) is 2.90. The highest BCUT2D eigenvalue weighted by Crippen LogP contribution is 2.43. The normalized spacial score (nSPS) is 12.6. The molecule has 9 heteroatoms. The van der Waals surface area contributed by atoms with Crippen molar-refractivity contribution in [2.75, 3.05) is 0 Å². The zero-order valence-electron chi connectivity index (χ0n) is 7.69. The molecule has 0 bridgehead atoms. The largest absolute Gasteiger partial charge is 0.573 e. The van der Waals surface area contributed by atoms with Crippen LogP contribution in [0.5, 0.6) is 5.75 Å². The van der Waals surface area contributed by atoms with Crippen molar-refractivity contribution in [3.8, 4) is 5.75 Å². The molecule has 0 aliphatic carbocycles. The molecule has 1 aromatic rings. The van der Waals surface area contributed by atoms with Crippen LogP contribution < -0.4 is 4.74 Å². The van der Waals surface area contributed by atoms with Crippen LogP contribution in [0.25, 0.3) is 0 Å². The highest BCUT2D eigenvalue weighted by atomic mass is 79.9. The lowest BCUT2D eigenvalue weighted by Gasteiger charge is -2.14. The van der Waals surface area contributed by atoms with Crippen molar-refractivity contribution in [2.24, 2.45) is 0 Å². The Morgan fingerprint density at radius 2 is 1.65 bits per heavy atom. The molecule has 0 unspecified atom stereocenters. The smallest absolute Gasteiger partial charge is 0.405 e. The van der Waals surface area contributed by atoms with Crippen molar-refractivity contribution < 1.29 is 31.1 Å². The second kappa shape index (κ2) is 4.97. The number of hydrogen-bond acceptors (Lipinski definition) is 2. The van der Waals surface area contributed by atoms with Crippen LogP contribution >= 0.6 is 27.7 Å². The maximum absolute atomic E-state index is 12.1. The first-order valence-corrected chi connectivity index (χ1v) is 5.49. The van der Waals surface area contributed by atoms with Crippen molar-refractivity contribution in [3.05, 3.63) is 22.7 Å². The minimum absolute atomic E-state index is 0.184. The van der Waals surface area contributed by atoms with Crippen LogP contribution in [0.15, 0.2) is 27.6 Å². The number of benzene rings is 1. The molecule has 0 saturated heterocycles. The van der Waals surface area contributed by atoms with Crippen molar-refractivity contribution in [2.45, 2.75) is 16.8 Å². The first-order chi connectivity index (χ1) is 7.57. The fraction of sp³-hybridized carbons (Fsp3) is 0.250.